The number of hydrogen-bond acceptors (Lipinski definition) is 4. The zero-order valence-electron chi connectivity index (χ0n) is 11.3. The van der Waals surface area contributed by atoms with Gasteiger partial charge in [0.15, 0.2) is 0 Å². The second kappa shape index (κ2) is 4.76. The van der Waals surface area contributed by atoms with Crippen molar-refractivity contribution in [3.63, 3.8) is 0 Å². The molecule has 2 saturated heterocycles. The number of nitrogens with one attached hydrogen (secondary N) is 1. The molecule has 1 N–H and O–H groups in total. The molecule has 18 heavy (non-hydrogen) atoms. The third kappa shape index (κ3) is 2.29. The zero-order valence-corrected chi connectivity index (χ0v) is 11.3. The Morgan fingerprint density at radius 1 is 1.28 bits per heavy atom. The number of nitrogens with zero attached hydrogens (tertiary/aromatic N) is 3. The van der Waals surface area contributed by atoms with Crippen molar-refractivity contribution in [2.24, 2.45) is 5.92 Å². The molecule has 3 atom stereocenters. The van der Waals surface area contributed by atoms with E-state index < -0.39 is 0 Å². The number of piperidine rings is 1. The molecule has 4 heteroatoms. The number of rotatable bonds is 3. The summed E-state index contributed by atoms with van der Waals surface area (Å²) >= 11 is 0. The predicted molar refractivity (Wildman–Crippen MR) is 75.1 cm³/mol. The smallest absolute Gasteiger partial charge is 0.128 e. The van der Waals surface area contributed by atoms with Gasteiger partial charge in [-0.3, -0.25) is 0 Å². The maximum Gasteiger partial charge on any atom is 0.128 e. The number of anilines is 2. The van der Waals surface area contributed by atoms with Crippen molar-refractivity contribution in [1.29, 1.82) is 0 Å². The SMILES string of the molecule is CN(C)c1ccc(NC2CCN3CCC2C3)cn1. The molecule has 0 saturated carbocycles. The van der Waals surface area contributed by atoms with Gasteiger partial charge in [0.2, 0.25) is 0 Å². The Morgan fingerprint density at radius 3 is 2.83 bits per heavy atom. The number of hydrogen-bond donors (Lipinski definition) is 1. The molecular formula is C14H22N4. The van der Waals surface area contributed by atoms with Crippen LogP contribution in [-0.4, -0.2) is 49.7 Å². The fraction of sp³-hybridized carbons (Fsp3) is 0.643. The van der Waals surface area contributed by atoms with E-state index in [4.69, 9.17) is 0 Å². The molecule has 3 rings (SSSR count). The Labute approximate surface area is 109 Å². The Kier molecular flexibility index (Phi) is 3.12. The van der Waals surface area contributed by atoms with E-state index in [0.717, 1.165) is 17.4 Å². The van der Waals surface area contributed by atoms with Crippen molar-refractivity contribution < 1.29 is 0 Å². The second-order valence-electron chi connectivity index (χ2n) is 5.69. The lowest BCUT2D eigenvalue weighted by Crippen LogP contribution is -2.39. The second-order valence-corrected chi connectivity index (χ2v) is 5.69. The highest BCUT2D eigenvalue weighted by Crippen LogP contribution is 2.29. The van der Waals surface area contributed by atoms with E-state index in [1.54, 1.807) is 0 Å². The Bertz CT molecular complexity index is 401. The molecule has 0 amide bonds. The van der Waals surface area contributed by atoms with Crippen LogP contribution in [0.2, 0.25) is 0 Å². The van der Waals surface area contributed by atoms with E-state index in [1.807, 2.05) is 25.2 Å². The van der Waals surface area contributed by atoms with Crippen molar-refractivity contribution >= 4 is 11.5 Å². The monoisotopic (exact) mass is 246 g/mol. The summed E-state index contributed by atoms with van der Waals surface area (Å²) in [6.45, 7) is 3.82. The fourth-order valence-electron chi connectivity index (χ4n) is 3.09. The molecule has 2 fully saturated rings. The average molecular weight is 246 g/mol. The average Bonchev–Trinajstić information content (AvgIpc) is 2.76. The molecular weight excluding hydrogens is 224 g/mol. The molecule has 0 aliphatic carbocycles. The standard InChI is InChI=1S/C14H22N4/c1-17(2)14-4-3-12(9-15-14)16-13-6-8-18-7-5-11(13)10-18/h3-4,9,11,13,16H,5-8,10H2,1-2H3. The van der Waals surface area contributed by atoms with Crippen LogP contribution in [0.3, 0.4) is 0 Å². The van der Waals surface area contributed by atoms with Gasteiger partial charge >= 0.3 is 0 Å². The van der Waals surface area contributed by atoms with Crippen LogP contribution in [-0.2, 0) is 0 Å². The van der Waals surface area contributed by atoms with E-state index in [-0.39, 0.29) is 0 Å². The largest absolute Gasteiger partial charge is 0.381 e. The van der Waals surface area contributed by atoms with Crippen molar-refractivity contribution in [3.8, 4) is 0 Å². The molecule has 3 heterocycles. The molecule has 2 bridgehead atoms. The van der Waals surface area contributed by atoms with Crippen LogP contribution in [0.15, 0.2) is 18.3 Å². The maximum absolute atomic E-state index is 4.46. The summed E-state index contributed by atoms with van der Waals surface area (Å²) < 4.78 is 0. The van der Waals surface area contributed by atoms with Gasteiger partial charge in [-0.1, -0.05) is 0 Å². The molecule has 3 unspecified atom stereocenters. The maximum atomic E-state index is 4.46. The van der Waals surface area contributed by atoms with E-state index in [2.05, 4.69) is 27.3 Å². The summed E-state index contributed by atoms with van der Waals surface area (Å²) in [5, 5.41) is 3.67. The van der Waals surface area contributed by atoms with Gasteiger partial charge in [0.05, 0.1) is 11.9 Å². The van der Waals surface area contributed by atoms with Gasteiger partial charge in [-0.25, -0.2) is 4.98 Å². The van der Waals surface area contributed by atoms with Gasteiger partial charge in [-0.05, 0) is 37.4 Å². The van der Waals surface area contributed by atoms with Crippen LogP contribution in [0.4, 0.5) is 11.5 Å². The van der Waals surface area contributed by atoms with Gasteiger partial charge < -0.3 is 15.1 Å². The predicted octanol–water partition coefficient (Wildman–Crippen LogP) is 1.65. The van der Waals surface area contributed by atoms with Gasteiger partial charge in [0, 0.05) is 33.2 Å². The summed E-state index contributed by atoms with van der Waals surface area (Å²) in [5.41, 5.74) is 1.16. The van der Waals surface area contributed by atoms with Crippen LogP contribution in [0.1, 0.15) is 12.8 Å². The third-order valence-electron chi connectivity index (χ3n) is 4.19. The minimum absolute atomic E-state index is 0.635. The van der Waals surface area contributed by atoms with Crippen molar-refractivity contribution in [1.82, 2.24) is 9.88 Å². The number of fused-ring (bicyclic) bond motifs is 2. The van der Waals surface area contributed by atoms with Gasteiger partial charge in [-0.2, -0.15) is 0 Å². The highest BCUT2D eigenvalue weighted by Gasteiger charge is 2.33. The molecule has 1 aromatic rings. The normalized spacial score (nSPS) is 30.2. The van der Waals surface area contributed by atoms with Crippen LogP contribution < -0.4 is 10.2 Å². The van der Waals surface area contributed by atoms with E-state index in [9.17, 15) is 0 Å². The molecule has 0 aromatic carbocycles. The minimum atomic E-state index is 0.635. The Morgan fingerprint density at radius 2 is 2.11 bits per heavy atom. The molecule has 2 aliphatic rings. The first-order valence-electron chi connectivity index (χ1n) is 6.84. The lowest BCUT2D eigenvalue weighted by atomic mass is 9.94. The van der Waals surface area contributed by atoms with Crippen molar-refractivity contribution in [2.75, 3.05) is 43.9 Å². The summed E-state index contributed by atoms with van der Waals surface area (Å²) in [6, 6.07) is 4.85. The van der Waals surface area contributed by atoms with Gasteiger partial charge in [0.1, 0.15) is 5.82 Å². The van der Waals surface area contributed by atoms with E-state index >= 15 is 0 Å². The van der Waals surface area contributed by atoms with Crippen LogP contribution >= 0.6 is 0 Å². The summed E-state index contributed by atoms with van der Waals surface area (Å²) in [5.74, 6) is 1.84. The quantitative estimate of drug-likeness (QED) is 0.879. The molecule has 0 radical (unpaired) electrons. The van der Waals surface area contributed by atoms with Crippen LogP contribution in [0.5, 0.6) is 0 Å². The summed E-state index contributed by atoms with van der Waals surface area (Å²) in [4.78, 5) is 9.06. The summed E-state index contributed by atoms with van der Waals surface area (Å²) in [7, 11) is 4.04. The first kappa shape index (κ1) is 11.8. The third-order valence-corrected chi connectivity index (χ3v) is 4.19. The highest BCUT2D eigenvalue weighted by molar-refractivity contribution is 5.48. The summed E-state index contributed by atoms with van der Waals surface area (Å²) in [6.07, 6.45) is 4.57. The van der Waals surface area contributed by atoms with Crippen LogP contribution in [0.25, 0.3) is 0 Å². The zero-order chi connectivity index (χ0) is 12.5. The molecule has 2 aliphatic heterocycles. The topological polar surface area (TPSA) is 31.4 Å². The lowest BCUT2D eigenvalue weighted by Gasteiger charge is -2.31. The molecule has 98 valence electrons. The Hall–Kier alpha value is -1.29. The molecule has 1 aromatic heterocycles. The van der Waals surface area contributed by atoms with Gasteiger partial charge in [0.25, 0.3) is 0 Å². The minimum Gasteiger partial charge on any atom is -0.381 e. The number of pyridine rings is 1. The fourth-order valence-corrected chi connectivity index (χ4v) is 3.09. The van der Waals surface area contributed by atoms with Crippen LogP contribution in [0, 0.1) is 5.92 Å². The van der Waals surface area contributed by atoms with E-state index in [1.165, 1.54) is 32.5 Å². The molecule has 0 spiro atoms. The first-order chi connectivity index (χ1) is 8.72. The van der Waals surface area contributed by atoms with E-state index in [0.29, 0.717) is 6.04 Å². The highest BCUT2D eigenvalue weighted by atomic mass is 15.2. The van der Waals surface area contributed by atoms with Crippen molar-refractivity contribution in [3.05, 3.63) is 18.3 Å². The Balaban J connectivity index is 1.65. The van der Waals surface area contributed by atoms with Gasteiger partial charge in [-0.15, -0.1) is 0 Å². The molecule has 4 nitrogen and oxygen atoms in total. The lowest BCUT2D eigenvalue weighted by molar-refractivity contribution is 0.255. The first-order valence-corrected chi connectivity index (χ1v) is 6.84. The van der Waals surface area contributed by atoms with Crippen molar-refractivity contribution in [2.45, 2.75) is 18.9 Å². The number of aromatic nitrogens is 1.